The molecule has 1 aliphatic rings. The van der Waals surface area contributed by atoms with Gasteiger partial charge in [-0.1, -0.05) is 22.0 Å². The zero-order chi connectivity index (χ0) is 19.1. The Labute approximate surface area is 192 Å². The molecule has 2 heterocycles. The fourth-order valence-corrected chi connectivity index (χ4v) is 3.42. The number of nitrogens with one attached hydrogen (secondary N) is 2. The number of benzene rings is 1. The number of hydrogen-bond acceptors (Lipinski definition) is 4. The lowest BCUT2D eigenvalue weighted by Crippen LogP contribution is -2.44. The maximum Gasteiger partial charge on any atom is 0.218 e. The number of nitrogens with zero attached hydrogens (tertiary/aromatic N) is 3. The molecule has 0 spiro atoms. The minimum Gasteiger partial charge on any atom is -0.478 e. The highest BCUT2D eigenvalue weighted by molar-refractivity contribution is 14.0. The van der Waals surface area contributed by atoms with E-state index in [9.17, 15) is 0 Å². The van der Waals surface area contributed by atoms with Gasteiger partial charge < -0.3 is 20.3 Å². The SMILES string of the molecule is CCOc1ncccc1CNC(=NC)NC1CCN(c2ccc(Br)cc2)C1.I. The maximum absolute atomic E-state index is 5.59. The van der Waals surface area contributed by atoms with Gasteiger partial charge in [0.05, 0.1) is 6.61 Å². The smallest absolute Gasteiger partial charge is 0.218 e. The number of pyridine rings is 1. The molecule has 0 aliphatic carbocycles. The van der Waals surface area contributed by atoms with Crippen molar-refractivity contribution in [3.8, 4) is 5.88 Å². The summed E-state index contributed by atoms with van der Waals surface area (Å²) in [6, 6.07) is 12.8. The minimum absolute atomic E-state index is 0. The van der Waals surface area contributed by atoms with E-state index in [1.165, 1.54) is 5.69 Å². The number of ether oxygens (including phenoxy) is 1. The van der Waals surface area contributed by atoms with Gasteiger partial charge in [-0.15, -0.1) is 24.0 Å². The van der Waals surface area contributed by atoms with E-state index in [1.807, 2.05) is 19.1 Å². The first-order valence-corrected chi connectivity index (χ1v) is 10.0. The molecule has 8 heteroatoms. The Morgan fingerprint density at radius 1 is 1.32 bits per heavy atom. The van der Waals surface area contributed by atoms with E-state index in [2.05, 4.69) is 65.7 Å². The molecule has 0 amide bonds. The van der Waals surface area contributed by atoms with E-state index in [-0.39, 0.29) is 24.0 Å². The van der Waals surface area contributed by atoms with E-state index in [4.69, 9.17) is 4.74 Å². The molecule has 1 saturated heterocycles. The maximum atomic E-state index is 5.59. The first kappa shape index (κ1) is 22.7. The summed E-state index contributed by atoms with van der Waals surface area (Å²) >= 11 is 3.49. The van der Waals surface area contributed by atoms with Gasteiger partial charge in [0, 0.05) is 54.6 Å². The molecule has 1 atom stereocenters. The molecular weight excluding hydrogens is 533 g/mol. The van der Waals surface area contributed by atoms with Gasteiger partial charge in [0.25, 0.3) is 0 Å². The molecule has 1 aliphatic heterocycles. The Morgan fingerprint density at radius 3 is 2.82 bits per heavy atom. The Bertz CT molecular complexity index is 771. The number of hydrogen-bond donors (Lipinski definition) is 2. The van der Waals surface area contributed by atoms with Gasteiger partial charge in [-0.05, 0) is 43.7 Å². The van der Waals surface area contributed by atoms with Gasteiger partial charge in [-0.2, -0.15) is 0 Å². The first-order valence-electron chi connectivity index (χ1n) is 9.24. The van der Waals surface area contributed by atoms with E-state index in [0.29, 0.717) is 25.1 Å². The van der Waals surface area contributed by atoms with Crippen LogP contribution in [0.15, 0.2) is 52.1 Å². The van der Waals surface area contributed by atoms with Crippen LogP contribution in [0.4, 0.5) is 5.69 Å². The van der Waals surface area contributed by atoms with E-state index in [0.717, 1.165) is 35.5 Å². The molecule has 0 saturated carbocycles. The number of anilines is 1. The van der Waals surface area contributed by atoms with Gasteiger partial charge in [0.15, 0.2) is 5.96 Å². The number of aromatic nitrogens is 1. The monoisotopic (exact) mass is 559 g/mol. The van der Waals surface area contributed by atoms with Crippen molar-refractivity contribution in [2.24, 2.45) is 4.99 Å². The molecule has 1 aromatic carbocycles. The van der Waals surface area contributed by atoms with Crippen LogP contribution in [0, 0.1) is 0 Å². The molecule has 152 valence electrons. The molecule has 0 radical (unpaired) electrons. The average Bonchev–Trinajstić information content (AvgIpc) is 3.15. The largest absolute Gasteiger partial charge is 0.478 e. The molecule has 1 unspecified atom stereocenters. The summed E-state index contributed by atoms with van der Waals surface area (Å²) in [5, 5.41) is 6.89. The van der Waals surface area contributed by atoms with E-state index >= 15 is 0 Å². The second-order valence-electron chi connectivity index (χ2n) is 6.38. The predicted molar refractivity (Wildman–Crippen MR) is 129 cm³/mol. The van der Waals surface area contributed by atoms with Crippen LogP contribution in [0.2, 0.25) is 0 Å². The quantitative estimate of drug-likeness (QED) is 0.320. The van der Waals surface area contributed by atoms with Gasteiger partial charge >= 0.3 is 0 Å². The third-order valence-corrected chi connectivity index (χ3v) is 5.05. The molecule has 3 rings (SSSR count). The standard InChI is InChI=1S/C20H26BrN5O.HI/c1-3-27-19-15(5-4-11-23-19)13-24-20(22-2)25-17-10-12-26(14-17)18-8-6-16(21)7-9-18;/h4-9,11,17H,3,10,12-14H2,1-2H3,(H2,22,24,25);1H. The van der Waals surface area contributed by atoms with Crippen molar-refractivity contribution in [1.29, 1.82) is 0 Å². The van der Waals surface area contributed by atoms with Crippen LogP contribution in [-0.4, -0.2) is 43.7 Å². The number of aliphatic imine (C=N–C) groups is 1. The lowest BCUT2D eigenvalue weighted by molar-refractivity contribution is 0.322. The average molecular weight is 560 g/mol. The Balaban J connectivity index is 0.00000280. The fourth-order valence-electron chi connectivity index (χ4n) is 3.16. The molecule has 1 aromatic heterocycles. The van der Waals surface area contributed by atoms with Crippen molar-refractivity contribution in [1.82, 2.24) is 15.6 Å². The lowest BCUT2D eigenvalue weighted by atomic mass is 10.2. The molecule has 28 heavy (non-hydrogen) atoms. The third-order valence-electron chi connectivity index (χ3n) is 4.52. The molecule has 1 fully saturated rings. The number of halogens is 2. The van der Waals surface area contributed by atoms with Crippen molar-refractivity contribution in [2.45, 2.75) is 25.9 Å². The second-order valence-corrected chi connectivity index (χ2v) is 7.29. The molecular formula is C20H27BrIN5O. The van der Waals surface area contributed by atoms with Crippen LogP contribution in [0.3, 0.4) is 0 Å². The van der Waals surface area contributed by atoms with Crippen molar-refractivity contribution in [3.63, 3.8) is 0 Å². The molecule has 6 nitrogen and oxygen atoms in total. The van der Waals surface area contributed by atoms with E-state index < -0.39 is 0 Å². The van der Waals surface area contributed by atoms with Crippen molar-refractivity contribution < 1.29 is 4.74 Å². The van der Waals surface area contributed by atoms with Gasteiger partial charge in [0.1, 0.15) is 0 Å². The van der Waals surface area contributed by atoms with Crippen LogP contribution in [0.1, 0.15) is 18.9 Å². The highest BCUT2D eigenvalue weighted by atomic mass is 127. The third kappa shape index (κ3) is 6.23. The Hall–Kier alpha value is -1.55. The Kier molecular flexibility index (Phi) is 9.30. The lowest BCUT2D eigenvalue weighted by Gasteiger charge is -2.20. The Morgan fingerprint density at radius 2 is 2.11 bits per heavy atom. The van der Waals surface area contributed by atoms with Crippen LogP contribution in [0.5, 0.6) is 5.88 Å². The zero-order valence-corrected chi connectivity index (χ0v) is 20.1. The number of rotatable bonds is 6. The van der Waals surface area contributed by atoms with Crippen molar-refractivity contribution in [2.75, 3.05) is 31.6 Å². The first-order chi connectivity index (χ1) is 13.2. The van der Waals surface area contributed by atoms with Crippen LogP contribution in [-0.2, 0) is 6.54 Å². The summed E-state index contributed by atoms with van der Waals surface area (Å²) in [6.07, 6.45) is 2.82. The summed E-state index contributed by atoms with van der Waals surface area (Å²) in [5.41, 5.74) is 2.27. The van der Waals surface area contributed by atoms with Gasteiger partial charge in [0.2, 0.25) is 5.88 Å². The molecule has 2 aromatic rings. The normalized spacial score (nSPS) is 16.5. The van der Waals surface area contributed by atoms with Crippen LogP contribution in [0.25, 0.3) is 0 Å². The van der Waals surface area contributed by atoms with Crippen LogP contribution >= 0.6 is 39.9 Å². The second kappa shape index (κ2) is 11.5. The van der Waals surface area contributed by atoms with Crippen molar-refractivity contribution >= 4 is 51.6 Å². The summed E-state index contributed by atoms with van der Waals surface area (Å²) in [6.45, 7) is 5.17. The topological polar surface area (TPSA) is 61.8 Å². The number of guanidine groups is 1. The zero-order valence-electron chi connectivity index (χ0n) is 16.2. The highest BCUT2D eigenvalue weighted by Gasteiger charge is 2.23. The van der Waals surface area contributed by atoms with Gasteiger partial charge in [-0.25, -0.2) is 4.98 Å². The summed E-state index contributed by atoms with van der Waals surface area (Å²) in [7, 11) is 1.80. The summed E-state index contributed by atoms with van der Waals surface area (Å²) in [4.78, 5) is 11.0. The van der Waals surface area contributed by atoms with Crippen LogP contribution < -0.4 is 20.3 Å². The summed E-state index contributed by atoms with van der Waals surface area (Å²) < 4.78 is 6.69. The minimum atomic E-state index is 0. The fraction of sp³-hybridized carbons (Fsp3) is 0.400. The highest BCUT2D eigenvalue weighted by Crippen LogP contribution is 2.22. The molecule has 2 N–H and O–H groups in total. The van der Waals surface area contributed by atoms with Crippen molar-refractivity contribution in [3.05, 3.63) is 52.6 Å². The van der Waals surface area contributed by atoms with Gasteiger partial charge in [-0.3, -0.25) is 4.99 Å². The summed E-state index contributed by atoms with van der Waals surface area (Å²) in [5.74, 6) is 1.47. The predicted octanol–water partition coefficient (Wildman–Crippen LogP) is 3.80. The van der Waals surface area contributed by atoms with E-state index in [1.54, 1.807) is 13.2 Å². The molecule has 0 bridgehead atoms.